The van der Waals surface area contributed by atoms with Gasteiger partial charge in [-0.25, -0.2) is 9.34 Å². The Hall–Kier alpha value is -3.78. The van der Waals surface area contributed by atoms with Crippen LogP contribution in [0.15, 0.2) is 170 Å². The number of allylic oxidation sites excluding steroid dienone is 6. The molecule has 0 spiro atoms. The third kappa shape index (κ3) is 5.84. The lowest BCUT2D eigenvalue weighted by molar-refractivity contribution is 0.282. The Morgan fingerprint density at radius 2 is 0.939 bits per heavy atom. The van der Waals surface area contributed by atoms with E-state index < -0.39 is 14.6 Å². The van der Waals surface area contributed by atoms with Crippen LogP contribution in [0.2, 0.25) is 0 Å². The average molecular weight is 683 g/mol. The van der Waals surface area contributed by atoms with Crippen molar-refractivity contribution in [1.82, 2.24) is 9.34 Å². The third-order valence-corrected chi connectivity index (χ3v) is 18.2. The van der Waals surface area contributed by atoms with Gasteiger partial charge in [-0.3, -0.25) is 0 Å². The fourth-order valence-electron chi connectivity index (χ4n) is 8.93. The first-order valence-electron chi connectivity index (χ1n) is 17.7. The predicted molar refractivity (Wildman–Crippen MR) is 204 cm³/mol. The summed E-state index contributed by atoms with van der Waals surface area (Å²) in [6, 6.07) is 41.9. The molecule has 49 heavy (non-hydrogen) atoms. The van der Waals surface area contributed by atoms with Crippen molar-refractivity contribution in [3.05, 3.63) is 187 Å². The van der Waals surface area contributed by atoms with Gasteiger partial charge in [0, 0.05) is 48.5 Å². The van der Waals surface area contributed by atoms with Crippen molar-refractivity contribution in [3.63, 3.8) is 0 Å². The van der Waals surface area contributed by atoms with E-state index in [0.717, 1.165) is 30.3 Å². The van der Waals surface area contributed by atoms with Crippen molar-refractivity contribution in [2.75, 3.05) is 13.1 Å². The molecule has 0 amide bonds. The molecular weight excluding hydrogens is 638 g/mol. The molecule has 2 aliphatic heterocycles. The quantitative estimate of drug-likeness (QED) is 0.123. The van der Waals surface area contributed by atoms with E-state index in [1.807, 2.05) is 24.3 Å². The largest absolute Gasteiger partial charge is 0.306 e. The lowest BCUT2D eigenvalue weighted by atomic mass is 9.87. The number of hydrogen-bond acceptors (Lipinski definition) is 2. The zero-order chi connectivity index (χ0) is 33.3. The molecule has 0 bridgehead atoms. The molecule has 4 nitrogen and oxygen atoms in total. The van der Waals surface area contributed by atoms with Gasteiger partial charge in [-0.15, -0.1) is 0 Å². The predicted octanol–water partition coefficient (Wildman–Crippen LogP) is 10.2. The SMILES string of the molecule is O=P1(Cc2ccccc2)[C@@H]2C=CC=C[C@@H]2[C@@H](c2ccccc2)N1CCCCN1[C@@H](c2ccccc2)[C@@H]2C=CC=C[C@@H]2[P@@]1(=O)c1ccccc1. The Bertz CT molecular complexity index is 1960. The summed E-state index contributed by atoms with van der Waals surface area (Å²) in [7, 11) is -5.86. The van der Waals surface area contributed by atoms with Crippen LogP contribution >= 0.6 is 14.6 Å². The highest BCUT2D eigenvalue weighted by Crippen LogP contribution is 2.71. The van der Waals surface area contributed by atoms with Gasteiger partial charge in [0.25, 0.3) is 0 Å². The highest BCUT2D eigenvalue weighted by Gasteiger charge is 2.57. The summed E-state index contributed by atoms with van der Waals surface area (Å²) in [4.78, 5) is 0. The molecule has 2 saturated heterocycles. The number of rotatable bonds is 10. The molecular formula is C43H44N2O2P2. The normalized spacial score (nSPS) is 31.9. The Balaban J connectivity index is 1.11. The van der Waals surface area contributed by atoms with Crippen LogP contribution in [0.5, 0.6) is 0 Å². The highest BCUT2D eigenvalue weighted by molar-refractivity contribution is 7.70. The molecule has 2 aliphatic carbocycles. The Morgan fingerprint density at radius 3 is 1.53 bits per heavy atom. The van der Waals surface area contributed by atoms with Gasteiger partial charge in [-0.1, -0.05) is 170 Å². The molecule has 4 aromatic rings. The molecule has 0 aromatic heterocycles. The highest BCUT2D eigenvalue weighted by atomic mass is 31.2. The molecule has 2 fully saturated rings. The summed E-state index contributed by atoms with van der Waals surface area (Å²) < 4.78 is 36.0. The lowest BCUT2D eigenvalue weighted by Gasteiger charge is -2.34. The van der Waals surface area contributed by atoms with Crippen LogP contribution in [0, 0.1) is 11.8 Å². The maximum atomic E-state index is 15.6. The molecule has 0 saturated carbocycles. The molecule has 4 aliphatic rings. The van der Waals surface area contributed by atoms with Crippen molar-refractivity contribution in [3.8, 4) is 0 Å². The first kappa shape index (κ1) is 32.4. The Kier molecular flexibility index (Phi) is 9.17. The van der Waals surface area contributed by atoms with Gasteiger partial charge in [0.2, 0.25) is 0 Å². The Morgan fingerprint density at radius 1 is 0.490 bits per heavy atom. The van der Waals surface area contributed by atoms with Gasteiger partial charge in [0.1, 0.15) is 0 Å². The summed E-state index contributed by atoms with van der Waals surface area (Å²) in [5.74, 6) is 0.287. The lowest BCUT2D eigenvalue weighted by Crippen LogP contribution is -2.29. The summed E-state index contributed by atoms with van der Waals surface area (Å²) in [6.07, 6.45) is 19.7. The maximum Gasteiger partial charge on any atom is 0.186 e. The molecule has 8 rings (SSSR count). The molecule has 6 heteroatoms. The van der Waals surface area contributed by atoms with Crippen molar-refractivity contribution in [1.29, 1.82) is 0 Å². The summed E-state index contributed by atoms with van der Waals surface area (Å²) in [5.41, 5.74) is 3.47. The van der Waals surface area contributed by atoms with E-state index >= 15 is 9.13 Å². The summed E-state index contributed by atoms with van der Waals surface area (Å²) in [5, 5.41) is 0.932. The first-order chi connectivity index (χ1) is 24.1. The monoisotopic (exact) mass is 682 g/mol. The van der Waals surface area contributed by atoms with E-state index in [1.165, 1.54) is 11.1 Å². The van der Waals surface area contributed by atoms with Crippen LogP contribution in [-0.2, 0) is 15.3 Å². The van der Waals surface area contributed by atoms with Crippen molar-refractivity contribution >= 4 is 19.9 Å². The van der Waals surface area contributed by atoms with E-state index in [2.05, 4.69) is 155 Å². The fourth-order valence-corrected chi connectivity index (χ4v) is 16.5. The summed E-state index contributed by atoms with van der Waals surface area (Å²) >= 11 is 0. The van der Waals surface area contributed by atoms with Crippen LogP contribution in [0.25, 0.3) is 0 Å². The van der Waals surface area contributed by atoms with Crippen LogP contribution in [-0.4, -0.2) is 33.7 Å². The first-order valence-corrected chi connectivity index (χ1v) is 21.4. The molecule has 1 unspecified atom stereocenters. The second kappa shape index (κ2) is 13.9. The van der Waals surface area contributed by atoms with E-state index in [0.29, 0.717) is 12.7 Å². The fraction of sp³-hybridized carbons (Fsp3) is 0.256. The van der Waals surface area contributed by atoms with E-state index in [1.54, 1.807) is 0 Å². The zero-order valence-electron chi connectivity index (χ0n) is 27.8. The smallest absolute Gasteiger partial charge is 0.186 e. The number of nitrogens with zero attached hydrogens (tertiary/aromatic N) is 2. The van der Waals surface area contributed by atoms with Crippen LogP contribution < -0.4 is 5.30 Å². The van der Waals surface area contributed by atoms with Crippen molar-refractivity contribution in [2.45, 2.75) is 42.4 Å². The van der Waals surface area contributed by atoms with Gasteiger partial charge in [0.05, 0.1) is 11.3 Å². The number of benzene rings is 4. The topological polar surface area (TPSA) is 40.6 Å². The molecule has 2 heterocycles. The Labute approximate surface area is 291 Å². The summed E-state index contributed by atoms with van der Waals surface area (Å²) in [6.45, 7) is 1.43. The minimum Gasteiger partial charge on any atom is -0.306 e. The minimum absolute atomic E-state index is 0.0182. The molecule has 0 radical (unpaired) electrons. The standard InChI is InChI=1S/C43H44N2O2P2/c46-48(33-34-19-5-1-6-20-34)40-29-15-13-27-38(40)42(35-21-7-2-8-22-35)44(48)31-17-18-32-45-43(36-23-9-3-10-24-36)39-28-14-16-30-41(39)49(45,47)37-25-11-4-12-26-37/h1-16,19-30,38-43H,17-18,31-33H2/t38-,39+,40+,41-,42+,43-,48?,49-/m0/s1. The number of hydrogen-bond donors (Lipinski definition) is 0. The van der Waals surface area contributed by atoms with Crippen molar-refractivity contribution < 1.29 is 9.13 Å². The van der Waals surface area contributed by atoms with Gasteiger partial charge in [-0.2, -0.15) is 0 Å². The zero-order valence-corrected chi connectivity index (χ0v) is 29.6. The minimum atomic E-state index is -3.00. The van der Waals surface area contributed by atoms with Gasteiger partial charge >= 0.3 is 0 Å². The third-order valence-electron chi connectivity index (χ3n) is 11.0. The average Bonchev–Trinajstić information content (AvgIpc) is 3.56. The maximum absolute atomic E-state index is 15.6. The second-order valence-electron chi connectivity index (χ2n) is 13.8. The van der Waals surface area contributed by atoms with Crippen molar-refractivity contribution in [2.24, 2.45) is 11.8 Å². The number of unbranched alkanes of at least 4 members (excludes halogenated alkanes) is 1. The molecule has 248 valence electrons. The van der Waals surface area contributed by atoms with E-state index in [9.17, 15) is 0 Å². The van der Waals surface area contributed by atoms with E-state index in [4.69, 9.17) is 0 Å². The molecule has 8 atom stereocenters. The molecule has 0 N–H and O–H groups in total. The van der Waals surface area contributed by atoms with E-state index in [-0.39, 0.29) is 35.2 Å². The number of fused-ring (bicyclic) bond motifs is 2. The van der Waals surface area contributed by atoms with Gasteiger partial charge < -0.3 is 9.13 Å². The van der Waals surface area contributed by atoms with Gasteiger partial charge in [0.15, 0.2) is 14.6 Å². The van der Waals surface area contributed by atoms with Gasteiger partial charge in [-0.05, 0) is 29.5 Å². The second-order valence-corrected chi connectivity index (χ2v) is 19.6. The molecule has 4 aromatic carbocycles. The van der Waals surface area contributed by atoms with Crippen LogP contribution in [0.1, 0.15) is 41.6 Å². The van der Waals surface area contributed by atoms with Crippen LogP contribution in [0.4, 0.5) is 0 Å². The van der Waals surface area contributed by atoms with Crippen LogP contribution in [0.3, 0.4) is 0 Å².